The Morgan fingerprint density at radius 1 is 0.552 bits per heavy atom. The third-order valence-electron chi connectivity index (χ3n) is 4.78. The van der Waals surface area contributed by atoms with Gasteiger partial charge in [0.1, 0.15) is 0 Å². The first kappa shape index (κ1) is 19.4. The lowest BCUT2D eigenvalue weighted by Gasteiger charge is -2.33. The molecule has 4 aromatic rings. The van der Waals surface area contributed by atoms with E-state index in [0.29, 0.717) is 21.7 Å². The van der Waals surface area contributed by atoms with E-state index in [1.807, 2.05) is 72.8 Å². The van der Waals surface area contributed by atoms with Crippen LogP contribution in [0.25, 0.3) is 0 Å². The van der Waals surface area contributed by atoms with Crippen molar-refractivity contribution in [2.75, 3.05) is 0 Å². The summed E-state index contributed by atoms with van der Waals surface area (Å²) in [6.45, 7) is 0. The van der Waals surface area contributed by atoms with Gasteiger partial charge in [0.05, 0.1) is 0 Å². The second-order valence-electron chi connectivity index (χ2n) is 6.69. The molecule has 4 aromatic carbocycles. The highest BCUT2D eigenvalue weighted by atomic mass is 31.2. The van der Waals surface area contributed by atoms with Crippen molar-refractivity contribution < 1.29 is 14.2 Å². The molecule has 0 heterocycles. The van der Waals surface area contributed by atoms with E-state index in [1.54, 1.807) is 48.5 Å². The Hall–Kier alpha value is -2.97. The second kappa shape index (κ2) is 8.18. The third-order valence-corrected chi connectivity index (χ3v) is 7.26. The predicted octanol–water partition coefficient (Wildman–Crippen LogP) is 4.83. The maximum Gasteiger partial charge on any atom is 0.264 e. The molecule has 4 heteroatoms. The minimum atomic E-state index is -3.63. The zero-order valence-corrected chi connectivity index (χ0v) is 16.7. The first-order valence-electron chi connectivity index (χ1n) is 9.38. The van der Waals surface area contributed by atoms with Crippen molar-refractivity contribution in [2.24, 2.45) is 0 Å². The van der Waals surface area contributed by atoms with Crippen LogP contribution in [0.5, 0.6) is 0 Å². The Kier molecular flexibility index (Phi) is 5.46. The number of rotatable bonds is 6. The van der Waals surface area contributed by atoms with Crippen LogP contribution in [0.1, 0.15) is 11.1 Å². The maximum absolute atomic E-state index is 14.4. The van der Waals surface area contributed by atoms with Gasteiger partial charge in [-0.1, -0.05) is 97.1 Å². The van der Waals surface area contributed by atoms with E-state index in [9.17, 15) is 9.67 Å². The number of hydrogen-bond acceptors (Lipinski definition) is 3. The Morgan fingerprint density at radius 3 is 1.21 bits per heavy atom. The lowest BCUT2D eigenvalue weighted by atomic mass is 9.98. The number of hydrogen-bond donors (Lipinski definition) is 1. The Labute approximate surface area is 170 Å². The molecule has 0 unspecified atom stereocenters. The van der Waals surface area contributed by atoms with Crippen LogP contribution >= 0.6 is 7.37 Å². The van der Waals surface area contributed by atoms with E-state index >= 15 is 0 Å². The van der Waals surface area contributed by atoms with Crippen LogP contribution in [0.2, 0.25) is 0 Å². The van der Waals surface area contributed by atoms with Crippen molar-refractivity contribution in [1.82, 2.24) is 0 Å². The summed E-state index contributed by atoms with van der Waals surface area (Å²) in [4.78, 5) is 0. The molecular weight excluding hydrogens is 379 g/mol. The lowest BCUT2D eigenvalue weighted by Crippen LogP contribution is -2.34. The topological polar surface area (TPSA) is 46.5 Å². The van der Waals surface area contributed by atoms with Gasteiger partial charge in [-0.05, 0) is 24.3 Å². The molecule has 0 aliphatic heterocycles. The van der Waals surface area contributed by atoms with E-state index in [-0.39, 0.29) is 0 Å². The van der Waals surface area contributed by atoms with Gasteiger partial charge in [-0.15, -0.1) is 0 Å². The average Bonchev–Trinajstić information content (AvgIpc) is 2.81. The van der Waals surface area contributed by atoms with Crippen LogP contribution in [0.3, 0.4) is 0 Å². The SMILES string of the molecule is O=P(OC(O)(c1ccccc1)c1ccccc1)(c1ccccc1)c1ccccc1. The minimum absolute atomic E-state index is 0.512. The molecule has 0 radical (unpaired) electrons. The van der Waals surface area contributed by atoms with Crippen molar-refractivity contribution in [2.45, 2.75) is 5.79 Å². The van der Waals surface area contributed by atoms with Crippen LogP contribution in [-0.4, -0.2) is 5.11 Å². The van der Waals surface area contributed by atoms with Crippen molar-refractivity contribution in [1.29, 1.82) is 0 Å². The van der Waals surface area contributed by atoms with E-state index in [2.05, 4.69) is 0 Å². The standard InChI is InChI=1S/C25H21O3P/c26-25(21-13-5-1-6-14-21,22-15-7-2-8-16-22)28-29(27,23-17-9-3-10-18-23)24-19-11-4-12-20-24/h1-20,26H. The summed E-state index contributed by atoms with van der Waals surface area (Å²) >= 11 is 0. The highest BCUT2D eigenvalue weighted by Gasteiger charge is 2.42. The fourth-order valence-corrected chi connectivity index (χ4v) is 5.51. The molecule has 0 spiro atoms. The zero-order valence-electron chi connectivity index (χ0n) is 15.8. The summed E-state index contributed by atoms with van der Waals surface area (Å²) in [5.74, 6) is -1.89. The molecule has 29 heavy (non-hydrogen) atoms. The monoisotopic (exact) mass is 400 g/mol. The van der Waals surface area contributed by atoms with Crippen LogP contribution in [0.4, 0.5) is 0 Å². The van der Waals surface area contributed by atoms with Crippen LogP contribution in [0.15, 0.2) is 121 Å². The summed E-state index contributed by atoms with van der Waals surface area (Å²) in [6, 6.07) is 36.2. The molecule has 0 bridgehead atoms. The van der Waals surface area contributed by atoms with Gasteiger partial charge < -0.3 is 5.11 Å². The first-order chi connectivity index (χ1) is 14.1. The highest BCUT2D eigenvalue weighted by molar-refractivity contribution is 7.74. The van der Waals surface area contributed by atoms with Crippen molar-refractivity contribution in [3.8, 4) is 0 Å². The molecule has 0 atom stereocenters. The summed E-state index contributed by atoms with van der Waals surface area (Å²) in [5.41, 5.74) is 1.02. The predicted molar refractivity (Wildman–Crippen MR) is 117 cm³/mol. The molecule has 144 valence electrons. The van der Waals surface area contributed by atoms with Crippen LogP contribution in [0, 0.1) is 0 Å². The number of benzene rings is 4. The smallest absolute Gasteiger partial charge is 0.264 e. The fourth-order valence-electron chi connectivity index (χ4n) is 3.29. The third kappa shape index (κ3) is 3.81. The molecule has 0 fully saturated rings. The Morgan fingerprint density at radius 2 is 0.862 bits per heavy atom. The Balaban J connectivity index is 1.92. The van der Waals surface area contributed by atoms with Crippen molar-refractivity contribution in [3.05, 3.63) is 132 Å². The fraction of sp³-hybridized carbons (Fsp3) is 0.0400. The largest absolute Gasteiger partial charge is 0.358 e. The van der Waals surface area contributed by atoms with E-state index in [4.69, 9.17) is 4.52 Å². The van der Waals surface area contributed by atoms with Gasteiger partial charge in [0.25, 0.3) is 7.37 Å². The molecular formula is C25H21O3P. The Bertz CT molecular complexity index is 1010. The number of aliphatic hydroxyl groups is 1. The highest BCUT2D eigenvalue weighted by Crippen LogP contribution is 2.52. The molecule has 0 aliphatic rings. The lowest BCUT2D eigenvalue weighted by molar-refractivity contribution is -0.104. The normalized spacial score (nSPS) is 11.9. The molecule has 3 nitrogen and oxygen atoms in total. The molecule has 0 saturated heterocycles. The van der Waals surface area contributed by atoms with Gasteiger partial charge in [0, 0.05) is 21.7 Å². The van der Waals surface area contributed by atoms with Gasteiger partial charge in [0.2, 0.25) is 5.79 Å². The first-order valence-corrected chi connectivity index (χ1v) is 11.0. The van der Waals surface area contributed by atoms with Crippen LogP contribution in [-0.2, 0) is 14.9 Å². The minimum Gasteiger partial charge on any atom is -0.358 e. The van der Waals surface area contributed by atoms with Gasteiger partial charge >= 0.3 is 0 Å². The summed E-state index contributed by atoms with van der Waals surface area (Å²) in [5, 5.41) is 12.9. The molecule has 0 aliphatic carbocycles. The zero-order chi connectivity index (χ0) is 20.2. The molecule has 0 saturated carbocycles. The average molecular weight is 400 g/mol. The van der Waals surface area contributed by atoms with Gasteiger partial charge in [-0.25, -0.2) is 0 Å². The van der Waals surface area contributed by atoms with E-state index in [1.165, 1.54) is 0 Å². The van der Waals surface area contributed by atoms with Gasteiger partial charge in [-0.2, -0.15) is 0 Å². The second-order valence-corrected chi connectivity index (χ2v) is 9.01. The van der Waals surface area contributed by atoms with Crippen molar-refractivity contribution in [3.63, 3.8) is 0 Å². The molecule has 4 rings (SSSR count). The quantitative estimate of drug-likeness (QED) is 0.373. The van der Waals surface area contributed by atoms with Gasteiger partial charge in [-0.3, -0.25) is 9.09 Å². The molecule has 0 amide bonds. The summed E-state index contributed by atoms with van der Waals surface area (Å²) in [7, 11) is -3.63. The van der Waals surface area contributed by atoms with Crippen molar-refractivity contribution >= 4 is 18.0 Å². The van der Waals surface area contributed by atoms with E-state index in [0.717, 1.165) is 0 Å². The summed E-state index contributed by atoms with van der Waals surface area (Å²) < 4.78 is 20.7. The van der Waals surface area contributed by atoms with Crippen LogP contribution < -0.4 is 10.6 Å². The molecule has 1 N–H and O–H groups in total. The van der Waals surface area contributed by atoms with Gasteiger partial charge in [0.15, 0.2) is 0 Å². The maximum atomic E-state index is 14.4. The van der Waals surface area contributed by atoms with E-state index < -0.39 is 13.2 Å². The molecule has 0 aromatic heterocycles. The summed E-state index contributed by atoms with van der Waals surface area (Å²) in [6.07, 6.45) is 0.